The minimum Gasteiger partial charge on any atom is -0.464 e. The van der Waals surface area contributed by atoms with Crippen LogP contribution in [0.3, 0.4) is 0 Å². The normalized spacial score (nSPS) is 12.5. The van der Waals surface area contributed by atoms with Gasteiger partial charge < -0.3 is 9.73 Å². The summed E-state index contributed by atoms with van der Waals surface area (Å²) in [6, 6.07) is 3.94. The number of nitrogens with zero attached hydrogens (tertiary/aromatic N) is 2. The lowest BCUT2D eigenvalue weighted by Gasteiger charge is -2.14. The molecule has 0 amide bonds. The first-order chi connectivity index (χ1) is 8.49. The van der Waals surface area contributed by atoms with E-state index in [-0.39, 0.29) is 6.04 Å². The van der Waals surface area contributed by atoms with E-state index in [2.05, 4.69) is 15.5 Å². The van der Waals surface area contributed by atoms with Crippen molar-refractivity contribution in [2.24, 2.45) is 0 Å². The number of hydrogen-bond donors (Lipinski definition) is 1. The Morgan fingerprint density at radius 1 is 1.17 bits per heavy atom. The highest BCUT2D eigenvalue weighted by Gasteiger charge is 2.13. The van der Waals surface area contributed by atoms with Crippen LogP contribution in [-0.4, -0.2) is 10.2 Å². The summed E-state index contributed by atoms with van der Waals surface area (Å²) >= 11 is 5.92. The van der Waals surface area contributed by atoms with E-state index in [9.17, 15) is 0 Å². The van der Waals surface area contributed by atoms with Crippen molar-refractivity contribution in [2.75, 3.05) is 5.32 Å². The Morgan fingerprint density at radius 3 is 2.50 bits per heavy atom. The van der Waals surface area contributed by atoms with Crippen molar-refractivity contribution in [2.45, 2.75) is 33.7 Å². The van der Waals surface area contributed by atoms with E-state index in [0.717, 1.165) is 28.5 Å². The van der Waals surface area contributed by atoms with Crippen molar-refractivity contribution < 1.29 is 4.42 Å². The topological polar surface area (TPSA) is 51.0 Å². The summed E-state index contributed by atoms with van der Waals surface area (Å²) in [4.78, 5) is 0. The van der Waals surface area contributed by atoms with E-state index >= 15 is 0 Å². The van der Waals surface area contributed by atoms with Gasteiger partial charge in [0.15, 0.2) is 11.0 Å². The van der Waals surface area contributed by atoms with Gasteiger partial charge in [-0.05, 0) is 51.0 Å². The van der Waals surface area contributed by atoms with Crippen molar-refractivity contribution in [3.8, 4) is 0 Å². The molecule has 2 aromatic heterocycles. The fourth-order valence-electron chi connectivity index (χ4n) is 1.68. The fraction of sp³-hybridized carbons (Fsp3) is 0.385. The maximum atomic E-state index is 5.92. The average Bonchev–Trinajstić information content (AvgIpc) is 2.77. The van der Waals surface area contributed by atoms with Crippen LogP contribution in [0.4, 0.5) is 5.82 Å². The van der Waals surface area contributed by atoms with Gasteiger partial charge in [0, 0.05) is 0 Å². The third-order valence-corrected chi connectivity index (χ3v) is 3.37. The molecule has 0 bridgehead atoms. The Bertz CT molecular complexity index is 565. The van der Waals surface area contributed by atoms with E-state index in [1.54, 1.807) is 0 Å². The number of aromatic nitrogens is 2. The van der Waals surface area contributed by atoms with Gasteiger partial charge in [0.25, 0.3) is 0 Å². The van der Waals surface area contributed by atoms with E-state index in [1.165, 1.54) is 0 Å². The maximum Gasteiger partial charge on any atom is 0.155 e. The molecule has 0 aliphatic heterocycles. The predicted molar refractivity (Wildman–Crippen MR) is 72.0 cm³/mol. The number of aryl methyl sites for hydroxylation is 1. The molecule has 96 valence electrons. The Balaban J connectivity index is 2.22. The molecule has 0 radical (unpaired) electrons. The van der Waals surface area contributed by atoms with Gasteiger partial charge in [-0.2, -0.15) is 0 Å². The summed E-state index contributed by atoms with van der Waals surface area (Å²) in [5.74, 6) is 2.51. The van der Waals surface area contributed by atoms with Crippen LogP contribution >= 0.6 is 11.6 Å². The largest absolute Gasteiger partial charge is 0.464 e. The van der Waals surface area contributed by atoms with Gasteiger partial charge in [-0.1, -0.05) is 11.6 Å². The number of halogens is 1. The number of nitrogens with one attached hydrogen (secondary N) is 1. The smallest absolute Gasteiger partial charge is 0.155 e. The highest BCUT2D eigenvalue weighted by atomic mass is 35.5. The van der Waals surface area contributed by atoms with Crippen molar-refractivity contribution in [3.05, 3.63) is 39.9 Å². The molecule has 1 atom stereocenters. The van der Waals surface area contributed by atoms with Crippen molar-refractivity contribution in [3.63, 3.8) is 0 Å². The molecule has 1 unspecified atom stereocenters. The lowest BCUT2D eigenvalue weighted by molar-refractivity contribution is 0.466. The second-order valence-corrected chi connectivity index (χ2v) is 4.76. The molecule has 2 rings (SSSR count). The van der Waals surface area contributed by atoms with Crippen LogP contribution in [0.2, 0.25) is 5.15 Å². The lowest BCUT2D eigenvalue weighted by Crippen LogP contribution is -2.10. The van der Waals surface area contributed by atoms with Crippen molar-refractivity contribution in [1.82, 2.24) is 10.2 Å². The second kappa shape index (κ2) is 4.98. The summed E-state index contributed by atoms with van der Waals surface area (Å²) in [5.41, 5.74) is 1.95. The molecule has 18 heavy (non-hydrogen) atoms. The van der Waals surface area contributed by atoms with Crippen LogP contribution in [0.15, 0.2) is 16.5 Å². The quantitative estimate of drug-likeness (QED) is 0.917. The lowest BCUT2D eigenvalue weighted by atomic mass is 10.2. The zero-order valence-corrected chi connectivity index (χ0v) is 11.7. The van der Waals surface area contributed by atoms with Crippen molar-refractivity contribution in [1.29, 1.82) is 0 Å². The molecule has 0 saturated heterocycles. The third kappa shape index (κ3) is 2.48. The zero-order valence-electron chi connectivity index (χ0n) is 10.9. The van der Waals surface area contributed by atoms with Gasteiger partial charge in [0.05, 0.1) is 6.04 Å². The van der Waals surface area contributed by atoms with Gasteiger partial charge in [-0.25, -0.2) is 0 Å². The molecule has 0 aromatic carbocycles. The first-order valence-electron chi connectivity index (χ1n) is 5.81. The van der Waals surface area contributed by atoms with Crippen LogP contribution in [0.25, 0.3) is 0 Å². The Hall–Kier alpha value is -1.55. The van der Waals surface area contributed by atoms with E-state index < -0.39 is 0 Å². The van der Waals surface area contributed by atoms with Gasteiger partial charge in [0.1, 0.15) is 11.5 Å². The standard InChI is InChI=1S/C13H16ClN3O/c1-7-5-6-11(18-7)10(4)15-13-9(3)8(2)12(14)16-17-13/h5-6,10H,1-4H3,(H,15,17). The molecule has 0 aliphatic carbocycles. The average molecular weight is 266 g/mol. The first kappa shape index (κ1) is 12.9. The summed E-state index contributed by atoms with van der Waals surface area (Å²) in [7, 11) is 0. The molecule has 2 aromatic rings. The van der Waals surface area contributed by atoms with E-state index in [1.807, 2.05) is 39.8 Å². The van der Waals surface area contributed by atoms with Crippen LogP contribution in [0.5, 0.6) is 0 Å². The predicted octanol–water partition coefficient (Wildman–Crippen LogP) is 3.82. The number of hydrogen-bond acceptors (Lipinski definition) is 4. The van der Waals surface area contributed by atoms with Crippen LogP contribution in [-0.2, 0) is 0 Å². The van der Waals surface area contributed by atoms with Gasteiger partial charge in [-0.3, -0.25) is 0 Å². The van der Waals surface area contributed by atoms with E-state index in [0.29, 0.717) is 5.15 Å². The summed E-state index contributed by atoms with van der Waals surface area (Å²) in [5, 5.41) is 11.7. The van der Waals surface area contributed by atoms with Crippen LogP contribution < -0.4 is 5.32 Å². The SMILES string of the molecule is Cc1ccc(C(C)Nc2nnc(Cl)c(C)c2C)o1. The van der Waals surface area contributed by atoms with Gasteiger partial charge >= 0.3 is 0 Å². The van der Waals surface area contributed by atoms with E-state index in [4.69, 9.17) is 16.0 Å². The Labute approximate surface area is 111 Å². The Morgan fingerprint density at radius 2 is 1.89 bits per heavy atom. The summed E-state index contributed by atoms with van der Waals surface area (Å²) in [6.07, 6.45) is 0. The minimum atomic E-state index is 0.0345. The molecule has 0 spiro atoms. The molecule has 0 aliphatic rings. The van der Waals surface area contributed by atoms with Gasteiger partial charge in [-0.15, -0.1) is 10.2 Å². The van der Waals surface area contributed by atoms with Crippen molar-refractivity contribution >= 4 is 17.4 Å². The molecule has 0 saturated carbocycles. The van der Waals surface area contributed by atoms with Crippen LogP contribution in [0, 0.1) is 20.8 Å². The third-order valence-electron chi connectivity index (χ3n) is 3.01. The van der Waals surface area contributed by atoms with Crippen LogP contribution in [0.1, 0.15) is 35.6 Å². The monoisotopic (exact) mass is 265 g/mol. The molecule has 1 N–H and O–H groups in total. The summed E-state index contributed by atoms with van der Waals surface area (Å²) in [6.45, 7) is 7.84. The highest BCUT2D eigenvalue weighted by Crippen LogP contribution is 2.25. The Kier molecular flexibility index (Phi) is 3.57. The molecule has 2 heterocycles. The number of rotatable bonds is 3. The molecule has 0 fully saturated rings. The van der Waals surface area contributed by atoms with Gasteiger partial charge in [0.2, 0.25) is 0 Å². The molecular formula is C13H16ClN3O. The highest BCUT2D eigenvalue weighted by molar-refractivity contribution is 6.30. The minimum absolute atomic E-state index is 0.0345. The number of anilines is 1. The molecule has 5 heteroatoms. The zero-order chi connectivity index (χ0) is 13.3. The first-order valence-corrected chi connectivity index (χ1v) is 6.19. The number of furan rings is 1. The summed E-state index contributed by atoms with van der Waals surface area (Å²) < 4.78 is 5.57. The fourth-order valence-corrected chi connectivity index (χ4v) is 1.86. The second-order valence-electron chi connectivity index (χ2n) is 4.40. The molecule has 4 nitrogen and oxygen atoms in total. The maximum absolute atomic E-state index is 5.92. The molecular weight excluding hydrogens is 250 g/mol.